The van der Waals surface area contributed by atoms with E-state index < -0.39 is 23.8 Å². The Morgan fingerprint density at radius 3 is 2.50 bits per heavy atom. The fraction of sp³-hybridized carbons (Fsp3) is 0.154. The smallest absolute Gasteiger partial charge is 0.338 e. The van der Waals surface area contributed by atoms with Crippen LogP contribution in [0.4, 0.5) is 10.5 Å². The summed E-state index contributed by atoms with van der Waals surface area (Å²) in [4.78, 5) is 51.4. The standard InChI is InChI=1S/C26H21Cl2N3O5/c1-4-36-25(34)16-6-5-7-19(11-16)30-14(2)10-17(15(30)3)12-20-23(32)29-26(35)31(24(20)33)22-9-8-18(27)13-21(22)28/h5-13H,4H2,1-3H3,(H,29,32,35)/b20-12-. The van der Waals surface area contributed by atoms with Gasteiger partial charge in [-0.1, -0.05) is 29.3 Å². The van der Waals surface area contributed by atoms with E-state index in [2.05, 4.69) is 5.32 Å². The zero-order chi connectivity index (χ0) is 26.1. The second-order valence-electron chi connectivity index (χ2n) is 7.99. The van der Waals surface area contributed by atoms with Gasteiger partial charge in [-0.3, -0.25) is 14.9 Å². The second-order valence-corrected chi connectivity index (χ2v) is 8.83. The minimum atomic E-state index is -0.910. The first-order valence-corrected chi connectivity index (χ1v) is 11.7. The maximum absolute atomic E-state index is 13.3. The lowest BCUT2D eigenvalue weighted by Gasteiger charge is -2.27. The number of anilines is 1. The number of amides is 4. The summed E-state index contributed by atoms with van der Waals surface area (Å²) in [6.45, 7) is 5.68. The Bertz CT molecular complexity index is 1460. The lowest BCUT2D eigenvalue weighted by atomic mass is 10.1. The van der Waals surface area contributed by atoms with Crippen molar-refractivity contribution in [2.75, 3.05) is 11.5 Å². The molecular weight excluding hydrogens is 505 g/mol. The predicted octanol–water partition coefficient (Wildman–Crippen LogP) is 5.24. The third-order valence-corrected chi connectivity index (χ3v) is 6.18. The van der Waals surface area contributed by atoms with Crippen LogP contribution in [0.1, 0.15) is 34.2 Å². The SMILES string of the molecule is CCOC(=O)c1cccc(-n2c(C)cc(/C=C3/C(=O)NC(=O)N(c4ccc(Cl)cc4Cl)C3=O)c2C)c1. The van der Waals surface area contributed by atoms with Gasteiger partial charge in [-0.05, 0) is 74.9 Å². The maximum Gasteiger partial charge on any atom is 0.338 e. The van der Waals surface area contributed by atoms with E-state index in [4.69, 9.17) is 27.9 Å². The highest BCUT2D eigenvalue weighted by Crippen LogP contribution is 2.32. The summed E-state index contributed by atoms with van der Waals surface area (Å²) < 4.78 is 6.98. The van der Waals surface area contributed by atoms with Crippen molar-refractivity contribution in [2.45, 2.75) is 20.8 Å². The van der Waals surface area contributed by atoms with Gasteiger partial charge in [0, 0.05) is 22.1 Å². The van der Waals surface area contributed by atoms with Gasteiger partial charge in [0.1, 0.15) is 5.57 Å². The molecule has 1 fully saturated rings. The van der Waals surface area contributed by atoms with Gasteiger partial charge in [0.05, 0.1) is 22.9 Å². The van der Waals surface area contributed by atoms with Crippen molar-refractivity contribution in [3.05, 3.63) is 86.7 Å². The fourth-order valence-corrected chi connectivity index (χ4v) is 4.50. The third kappa shape index (κ3) is 4.65. The van der Waals surface area contributed by atoms with E-state index in [1.807, 2.05) is 24.5 Å². The molecule has 1 saturated heterocycles. The van der Waals surface area contributed by atoms with E-state index in [-0.39, 0.29) is 22.9 Å². The Balaban J connectivity index is 1.75. The van der Waals surface area contributed by atoms with E-state index in [1.54, 1.807) is 31.2 Å². The molecule has 10 heteroatoms. The van der Waals surface area contributed by atoms with Crippen LogP contribution in [0.2, 0.25) is 10.0 Å². The quantitative estimate of drug-likeness (QED) is 0.279. The van der Waals surface area contributed by atoms with Crippen LogP contribution in [0, 0.1) is 13.8 Å². The van der Waals surface area contributed by atoms with Gasteiger partial charge in [0.15, 0.2) is 0 Å². The number of hydrogen-bond donors (Lipinski definition) is 1. The topological polar surface area (TPSA) is 97.7 Å². The molecule has 2 heterocycles. The largest absolute Gasteiger partial charge is 0.462 e. The molecule has 0 saturated carbocycles. The average Bonchev–Trinajstić information content (AvgIpc) is 3.10. The van der Waals surface area contributed by atoms with Crippen molar-refractivity contribution in [3.63, 3.8) is 0 Å². The van der Waals surface area contributed by atoms with Crippen LogP contribution in [0.25, 0.3) is 11.8 Å². The van der Waals surface area contributed by atoms with E-state index >= 15 is 0 Å². The van der Waals surface area contributed by atoms with Gasteiger partial charge < -0.3 is 9.30 Å². The first kappa shape index (κ1) is 25.2. The lowest BCUT2D eigenvalue weighted by Crippen LogP contribution is -2.54. The Morgan fingerprint density at radius 1 is 1.06 bits per heavy atom. The van der Waals surface area contributed by atoms with Crippen molar-refractivity contribution in [3.8, 4) is 5.69 Å². The number of ether oxygens (including phenoxy) is 1. The van der Waals surface area contributed by atoms with Crippen molar-refractivity contribution >= 4 is 58.8 Å². The molecular formula is C26H21Cl2N3O5. The summed E-state index contributed by atoms with van der Waals surface area (Å²) in [5.41, 5.74) is 3.09. The molecule has 36 heavy (non-hydrogen) atoms. The van der Waals surface area contributed by atoms with Crippen LogP contribution < -0.4 is 10.2 Å². The van der Waals surface area contributed by atoms with Gasteiger partial charge in [-0.25, -0.2) is 14.5 Å². The Hall–Kier alpha value is -3.88. The number of barbiturate groups is 1. The third-order valence-electron chi connectivity index (χ3n) is 5.64. The lowest BCUT2D eigenvalue weighted by molar-refractivity contribution is -0.122. The Morgan fingerprint density at radius 2 is 1.81 bits per heavy atom. The van der Waals surface area contributed by atoms with Gasteiger partial charge in [-0.15, -0.1) is 0 Å². The molecule has 1 aliphatic heterocycles. The Labute approximate surface area is 217 Å². The number of esters is 1. The molecule has 3 aromatic rings. The minimum absolute atomic E-state index is 0.0827. The number of urea groups is 1. The minimum Gasteiger partial charge on any atom is -0.462 e. The van der Waals surface area contributed by atoms with Crippen LogP contribution in [0.15, 0.2) is 54.1 Å². The van der Waals surface area contributed by atoms with E-state index in [0.29, 0.717) is 21.8 Å². The number of nitrogens with zero attached hydrogens (tertiary/aromatic N) is 2. The molecule has 1 aliphatic rings. The molecule has 1 aromatic heterocycles. The van der Waals surface area contributed by atoms with Crippen molar-refractivity contribution < 1.29 is 23.9 Å². The second kappa shape index (κ2) is 10.0. The summed E-state index contributed by atoms with van der Waals surface area (Å²) in [5, 5.41) is 2.60. The first-order valence-electron chi connectivity index (χ1n) is 11.0. The van der Waals surface area contributed by atoms with Crippen LogP contribution >= 0.6 is 23.2 Å². The number of nitrogens with one attached hydrogen (secondary N) is 1. The zero-order valence-electron chi connectivity index (χ0n) is 19.6. The molecule has 4 rings (SSSR count). The highest BCUT2D eigenvalue weighted by molar-refractivity contribution is 6.42. The molecule has 4 amide bonds. The highest BCUT2D eigenvalue weighted by Gasteiger charge is 2.38. The number of aromatic nitrogens is 1. The van der Waals surface area contributed by atoms with Crippen molar-refractivity contribution in [2.24, 2.45) is 0 Å². The number of carbonyl (C=O) groups is 4. The first-order chi connectivity index (χ1) is 17.1. The summed E-state index contributed by atoms with van der Waals surface area (Å²) in [6, 6.07) is 12.2. The summed E-state index contributed by atoms with van der Waals surface area (Å²) >= 11 is 12.1. The van der Waals surface area contributed by atoms with Gasteiger partial charge in [-0.2, -0.15) is 0 Å². The van der Waals surface area contributed by atoms with Crippen molar-refractivity contribution in [1.29, 1.82) is 0 Å². The van der Waals surface area contributed by atoms with Gasteiger partial charge in [0.25, 0.3) is 11.8 Å². The molecule has 8 nitrogen and oxygen atoms in total. The molecule has 0 aliphatic carbocycles. The fourth-order valence-electron chi connectivity index (χ4n) is 4.01. The number of benzene rings is 2. The maximum atomic E-state index is 13.3. The van der Waals surface area contributed by atoms with Crippen LogP contribution in [0.3, 0.4) is 0 Å². The van der Waals surface area contributed by atoms with Gasteiger partial charge >= 0.3 is 12.0 Å². The number of halogens is 2. The average molecular weight is 526 g/mol. The molecule has 0 unspecified atom stereocenters. The number of rotatable bonds is 5. The highest BCUT2D eigenvalue weighted by atomic mass is 35.5. The van der Waals surface area contributed by atoms with Crippen LogP contribution in [-0.4, -0.2) is 35.0 Å². The molecule has 2 aromatic carbocycles. The van der Waals surface area contributed by atoms with E-state index in [0.717, 1.165) is 16.3 Å². The van der Waals surface area contributed by atoms with Gasteiger partial charge in [0.2, 0.25) is 0 Å². The number of carbonyl (C=O) groups excluding carboxylic acids is 4. The van der Waals surface area contributed by atoms with Crippen LogP contribution in [0.5, 0.6) is 0 Å². The molecule has 1 N–H and O–H groups in total. The summed E-state index contributed by atoms with van der Waals surface area (Å²) in [5.74, 6) is -2.07. The normalized spacial score (nSPS) is 14.9. The van der Waals surface area contributed by atoms with Crippen LogP contribution in [-0.2, 0) is 14.3 Å². The molecule has 0 spiro atoms. The molecule has 0 radical (unpaired) electrons. The Kier molecular flexibility index (Phi) is 7.01. The summed E-state index contributed by atoms with van der Waals surface area (Å²) in [6.07, 6.45) is 1.43. The van der Waals surface area contributed by atoms with E-state index in [1.165, 1.54) is 24.3 Å². The zero-order valence-corrected chi connectivity index (χ0v) is 21.1. The number of imide groups is 2. The monoisotopic (exact) mass is 525 g/mol. The molecule has 0 atom stereocenters. The number of hydrogen-bond acceptors (Lipinski definition) is 5. The van der Waals surface area contributed by atoms with Crippen molar-refractivity contribution in [1.82, 2.24) is 9.88 Å². The number of aryl methyl sites for hydroxylation is 1. The molecule has 0 bridgehead atoms. The summed E-state index contributed by atoms with van der Waals surface area (Å²) in [7, 11) is 0. The van der Waals surface area contributed by atoms with E-state index in [9.17, 15) is 19.2 Å². The predicted molar refractivity (Wildman–Crippen MR) is 137 cm³/mol. The molecule has 184 valence electrons.